The van der Waals surface area contributed by atoms with Crippen LogP contribution >= 0.6 is 11.6 Å². The molecule has 1 aliphatic rings. The van der Waals surface area contributed by atoms with Gasteiger partial charge in [-0.2, -0.15) is 0 Å². The van der Waals surface area contributed by atoms with Crippen LogP contribution in [0.4, 0.5) is 0 Å². The lowest BCUT2D eigenvalue weighted by Crippen LogP contribution is -2.40. The minimum absolute atomic E-state index is 0.127. The number of phenolic OH excluding ortho intramolecular Hbond substituents is 1. The van der Waals surface area contributed by atoms with E-state index in [0.29, 0.717) is 31.0 Å². The molecule has 0 unspecified atom stereocenters. The second-order valence-electron chi connectivity index (χ2n) is 4.75. The van der Waals surface area contributed by atoms with Crippen LogP contribution in [-0.2, 0) is 9.53 Å². The standard InChI is InChI=1S/C14H16ClNO4/c1-20-14(19)9-4-6-16(7-5-9)13(18)11-3-2-10(15)8-12(11)17/h2-3,8-9,17H,4-7H2,1H3. The number of amides is 1. The third kappa shape index (κ3) is 3.04. The third-order valence-electron chi connectivity index (χ3n) is 3.51. The van der Waals surface area contributed by atoms with E-state index >= 15 is 0 Å². The summed E-state index contributed by atoms with van der Waals surface area (Å²) >= 11 is 5.74. The maximum absolute atomic E-state index is 12.3. The summed E-state index contributed by atoms with van der Waals surface area (Å²) in [4.78, 5) is 25.3. The Morgan fingerprint density at radius 1 is 1.35 bits per heavy atom. The predicted molar refractivity (Wildman–Crippen MR) is 73.8 cm³/mol. The van der Waals surface area contributed by atoms with E-state index < -0.39 is 0 Å². The van der Waals surface area contributed by atoms with Gasteiger partial charge in [0.05, 0.1) is 18.6 Å². The van der Waals surface area contributed by atoms with Crippen molar-refractivity contribution >= 4 is 23.5 Å². The van der Waals surface area contributed by atoms with Crippen LogP contribution in [0, 0.1) is 5.92 Å². The first kappa shape index (κ1) is 14.7. The molecular formula is C14H16ClNO4. The summed E-state index contributed by atoms with van der Waals surface area (Å²) < 4.78 is 4.71. The van der Waals surface area contributed by atoms with Crippen molar-refractivity contribution in [2.24, 2.45) is 5.92 Å². The molecule has 108 valence electrons. The highest BCUT2D eigenvalue weighted by molar-refractivity contribution is 6.30. The second kappa shape index (κ2) is 6.13. The lowest BCUT2D eigenvalue weighted by Gasteiger charge is -2.30. The summed E-state index contributed by atoms with van der Waals surface area (Å²) in [5.74, 6) is -0.755. The second-order valence-corrected chi connectivity index (χ2v) is 5.19. The van der Waals surface area contributed by atoms with Crippen LogP contribution in [0.1, 0.15) is 23.2 Å². The number of piperidine rings is 1. The predicted octanol–water partition coefficient (Wildman–Crippen LogP) is 2.07. The number of nitrogens with zero attached hydrogens (tertiary/aromatic N) is 1. The van der Waals surface area contributed by atoms with Crippen LogP contribution in [0.25, 0.3) is 0 Å². The topological polar surface area (TPSA) is 66.8 Å². The lowest BCUT2D eigenvalue weighted by molar-refractivity contribution is -0.146. The fourth-order valence-electron chi connectivity index (χ4n) is 2.34. The van der Waals surface area contributed by atoms with Crippen molar-refractivity contribution in [2.45, 2.75) is 12.8 Å². The Labute approximate surface area is 122 Å². The average molecular weight is 298 g/mol. The number of likely N-dealkylation sites (tertiary alicyclic amines) is 1. The van der Waals surface area contributed by atoms with Crippen molar-refractivity contribution in [1.82, 2.24) is 4.90 Å². The Kier molecular flexibility index (Phi) is 4.49. The molecule has 1 N–H and O–H groups in total. The van der Waals surface area contributed by atoms with E-state index in [1.54, 1.807) is 11.0 Å². The first-order valence-electron chi connectivity index (χ1n) is 6.38. The van der Waals surface area contributed by atoms with E-state index in [0.717, 1.165) is 0 Å². The van der Waals surface area contributed by atoms with Gasteiger partial charge in [0.25, 0.3) is 5.91 Å². The van der Waals surface area contributed by atoms with E-state index in [9.17, 15) is 14.7 Å². The van der Waals surface area contributed by atoms with Crippen molar-refractivity contribution in [3.63, 3.8) is 0 Å². The minimum Gasteiger partial charge on any atom is -0.507 e. The molecular weight excluding hydrogens is 282 g/mol. The normalized spacial score (nSPS) is 16.0. The van der Waals surface area contributed by atoms with Crippen LogP contribution in [-0.4, -0.2) is 42.1 Å². The maximum atomic E-state index is 12.3. The molecule has 20 heavy (non-hydrogen) atoms. The molecule has 0 aliphatic carbocycles. The number of carbonyl (C=O) groups is 2. The van der Waals surface area contributed by atoms with E-state index in [4.69, 9.17) is 16.3 Å². The molecule has 1 aromatic rings. The number of methoxy groups -OCH3 is 1. The number of hydrogen-bond acceptors (Lipinski definition) is 4. The number of aromatic hydroxyl groups is 1. The Hall–Kier alpha value is -1.75. The number of ether oxygens (including phenoxy) is 1. The molecule has 0 atom stereocenters. The monoisotopic (exact) mass is 297 g/mol. The van der Waals surface area contributed by atoms with Gasteiger partial charge in [-0.15, -0.1) is 0 Å². The molecule has 1 saturated heterocycles. The third-order valence-corrected chi connectivity index (χ3v) is 3.74. The van der Waals surface area contributed by atoms with Gasteiger partial charge in [0, 0.05) is 18.1 Å². The SMILES string of the molecule is COC(=O)C1CCN(C(=O)c2ccc(Cl)cc2O)CC1. The van der Waals surface area contributed by atoms with Crippen LogP contribution in [0.3, 0.4) is 0 Å². The van der Waals surface area contributed by atoms with Gasteiger partial charge in [-0.3, -0.25) is 9.59 Å². The molecule has 0 aromatic heterocycles. The van der Waals surface area contributed by atoms with Gasteiger partial charge in [-0.05, 0) is 31.0 Å². The Morgan fingerprint density at radius 2 is 2.00 bits per heavy atom. The van der Waals surface area contributed by atoms with Gasteiger partial charge in [0.1, 0.15) is 5.75 Å². The van der Waals surface area contributed by atoms with Crippen molar-refractivity contribution in [2.75, 3.05) is 20.2 Å². The molecule has 6 heteroatoms. The quantitative estimate of drug-likeness (QED) is 0.849. The van der Waals surface area contributed by atoms with Gasteiger partial charge in [-0.1, -0.05) is 11.6 Å². The first-order valence-corrected chi connectivity index (χ1v) is 6.76. The van der Waals surface area contributed by atoms with Crippen molar-refractivity contribution in [1.29, 1.82) is 0 Å². The summed E-state index contributed by atoms with van der Waals surface area (Å²) in [6, 6.07) is 4.41. The van der Waals surface area contributed by atoms with Crippen LogP contribution in [0.5, 0.6) is 5.75 Å². The van der Waals surface area contributed by atoms with E-state index in [-0.39, 0.29) is 29.1 Å². The number of rotatable bonds is 2. The maximum Gasteiger partial charge on any atom is 0.308 e. The molecule has 1 aromatic carbocycles. The van der Waals surface area contributed by atoms with Crippen molar-refractivity contribution < 1.29 is 19.4 Å². The van der Waals surface area contributed by atoms with Crippen LogP contribution in [0.15, 0.2) is 18.2 Å². The summed E-state index contributed by atoms with van der Waals surface area (Å²) in [6.45, 7) is 0.946. The van der Waals surface area contributed by atoms with E-state index in [2.05, 4.69) is 0 Å². The number of halogens is 1. The summed E-state index contributed by atoms with van der Waals surface area (Å²) in [6.07, 6.45) is 1.15. The highest BCUT2D eigenvalue weighted by Gasteiger charge is 2.29. The Balaban J connectivity index is 2.03. The molecule has 1 amide bonds. The van der Waals surface area contributed by atoms with Gasteiger partial charge in [0.2, 0.25) is 0 Å². The Bertz CT molecular complexity index is 524. The van der Waals surface area contributed by atoms with Gasteiger partial charge < -0.3 is 14.7 Å². The highest BCUT2D eigenvalue weighted by atomic mass is 35.5. The first-order chi connectivity index (χ1) is 9.52. The number of carbonyl (C=O) groups excluding carboxylic acids is 2. The molecule has 1 fully saturated rings. The zero-order valence-electron chi connectivity index (χ0n) is 11.1. The molecule has 5 nitrogen and oxygen atoms in total. The largest absolute Gasteiger partial charge is 0.507 e. The fourth-order valence-corrected chi connectivity index (χ4v) is 2.51. The van der Waals surface area contributed by atoms with Crippen molar-refractivity contribution in [3.8, 4) is 5.75 Å². The zero-order chi connectivity index (χ0) is 14.7. The average Bonchev–Trinajstić information content (AvgIpc) is 2.46. The number of esters is 1. The molecule has 1 aliphatic heterocycles. The van der Waals surface area contributed by atoms with E-state index in [1.807, 2.05) is 0 Å². The highest BCUT2D eigenvalue weighted by Crippen LogP contribution is 2.26. The van der Waals surface area contributed by atoms with Crippen LogP contribution < -0.4 is 0 Å². The molecule has 2 rings (SSSR count). The molecule has 0 bridgehead atoms. The lowest BCUT2D eigenvalue weighted by atomic mass is 9.96. The van der Waals surface area contributed by atoms with Crippen LogP contribution in [0.2, 0.25) is 5.02 Å². The summed E-state index contributed by atoms with van der Waals surface area (Å²) in [5.41, 5.74) is 0.228. The number of hydrogen-bond donors (Lipinski definition) is 1. The van der Waals surface area contributed by atoms with E-state index in [1.165, 1.54) is 19.2 Å². The number of benzene rings is 1. The molecule has 1 heterocycles. The molecule has 0 radical (unpaired) electrons. The fraction of sp³-hybridized carbons (Fsp3) is 0.429. The zero-order valence-corrected chi connectivity index (χ0v) is 11.9. The van der Waals surface area contributed by atoms with Gasteiger partial charge >= 0.3 is 5.97 Å². The number of phenols is 1. The molecule has 0 spiro atoms. The van der Waals surface area contributed by atoms with Gasteiger partial charge in [-0.25, -0.2) is 0 Å². The Morgan fingerprint density at radius 3 is 2.55 bits per heavy atom. The van der Waals surface area contributed by atoms with Gasteiger partial charge in [0.15, 0.2) is 0 Å². The minimum atomic E-state index is -0.248. The summed E-state index contributed by atoms with van der Waals surface area (Å²) in [7, 11) is 1.37. The smallest absolute Gasteiger partial charge is 0.308 e. The van der Waals surface area contributed by atoms with Crippen molar-refractivity contribution in [3.05, 3.63) is 28.8 Å². The summed E-state index contributed by atoms with van der Waals surface area (Å²) in [5, 5.41) is 10.1. The molecule has 0 saturated carbocycles.